The van der Waals surface area contributed by atoms with E-state index in [-0.39, 0.29) is 6.54 Å². The maximum atomic E-state index is 10.5. The lowest BCUT2D eigenvalue weighted by Gasteiger charge is -2.31. The molecule has 4 nitrogen and oxygen atoms in total. The Morgan fingerprint density at radius 1 is 1.64 bits per heavy atom. The zero-order valence-corrected chi connectivity index (χ0v) is 8.74. The number of carbonyl (C=O) groups is 1. The van der Waals surface area contributed by atoms with Crippen molar-refractivity contribution in [2.24, 2.45) is 5.92 Å². The minimum absolute atomic E-state index is 0.169. The smallest absolute Gasteiger partial charge is 0.317 e. The van der Waals surface area contributed by atoms with Crippen LogP contribution < -0.4 is 0 Å². The number of ether oxygens (including phenoxy) is 1. The van der Waals surface area contributed by atoms with Gasteiger partial charge >= 0.3 is 5.97 Å². The lowest BCUT2D eigenvalue weighted by molar-refractivity contribution is -0.138. The summed E-state index contributed by atoms with van der Waals surface area (Å²) >= 11 is 0. The fraction of sp³-hybridized carbons (Fsp3) is 0.900. The molecule has 0 saturated carbocycles. The van der Waals surface area contributed by atoms with Gasteiger partial charge in [0, 0.05) is 13.2 Å². The normalized spacial score (nSPS) is 23.6. The molecule has 0 unspecified atom stereocenters. The number of aliphatic carboxylic acids is 1. The Morgan fingerprint density at radius 2 is 2.43 bits per heavy atom. The van der Waals surface area contributed by atoms with Crippen LogP contribution in [0.1, 0.15) is 19.8 Å². The van der Waals surface area contributed by atoms with Crippen LogP contribution in [0.3, 0.4) is 0 Å². The largest absolute Gasteiger partial charge is 0.480 e. The number of rotatable bonds is 5. The summed E-state index contributed by atoms with van der Waals surface area (Å²) in [7, 11) is 0. The molecule has 82 valence electrons. The Bertz CT molecular complexity index is 184. The molecule has 0 amide bonds. The van der Waals surface area contributed by atoms with Crippen LogP contribution in [-0.4, -0.2) is 48.8 Å². The molecule has 1 fully saturated rings. The second-order valence-corrected chi connectivity index (χ2v) is 3.80. The summed E-state index contributed by atoms with van der Waals surface area (Å²) in [5, 5.41) is 8.66. The Kier molecular flexibility index (Phi) is 4.90. The molecule has 1 aliphatic rings. The van der Waals surface area contributed by atoms with Crippen LogP contribution >= 0.6 is 0 Å². The molecule has 0 spiro atoms. The lowest BCUT2D eigenvalue weighted by atomic mass is 9.99. The lowest BCUT2D eigenvalue weighted by Crippen LogP contribution is -2.40. The van der Waals surface area contributed by atoms with Gasteiger partial charge in [-0.05, 0) is 32.2 Å². The molecule has 0 bridgehead atoms. The van der Waals surface area contributed by atoms with Crippen molar-refractivity contribution in [2.75, 3.05) is 32.8 Å². The first kappa shape index (κ1) is 11.5. The van der Waals surface area contributed by atoms with E-state index >= 15 is 0 Å². The van der Waals surface area contributed by atoms with Crippen LogP contribution in [-0.2, 0) is 9.53 Å². The van der Waals surface area contributed by atoms with E-state index in [1.165, 1.54) is 0 Å². The van der Waals surface area contributed by atoms with E-state index in [2.05, 4.69) is 0 Å². The quantitative estimate of drug-likeness (QED) is 0.715. The molecule has 1 atom stereocenters. The van der Waals surface area contributed by atoms with E-state index in [9.17, 15) is 4.79 Å². The van der Waals surface area contributed by atoms with Crippen LogP contribution in [0.5, 0.6) is 0 Å². The van der Waals surface area contributed by atoms with Gasteiger partial charge in [-0.2, -0.15) is 0 Å². The van der Waals surface area contributed by atoms with Crippen LogP contribution in [0.4, 0.5) is 0 Å². The number of hydrogen-bond donors (Lipinski definition) is 1. The Balaban J connectivity index is 2.24. The second kappa shape index (κ2) is 5.98. The predicted molar refractivity (Wildman–Crippen MR) is 53.3 cm³/mol. The highest BCUT2D eigenvalue weighted by atomic mass is 16.5. The van der Waals surface area contributed by atoms with Crippen molar-refractivity contribution < 1.29 is 14.6 Å². The zero-order chi connectivity index (χ0) is 10.4. The van der Waals surface area contributed by atoms with Crippen LogP contribution in [0, 0.1) is 5.92 Å². The number of hydrogen-bond acceptors (Lipinski definition) is 3. The van der Waals surface area contributed by atoms with E-state index in [4.69, 9.17) is 9.84 Å². The third kappa shape index (κ3) is 4.07. The zero-order valence-electron chi connectivity index (χ0n) is 8.74. The summed E-state index contributed by atoms with van der Waals surface area (Å²) in [5.74, 6) is -0.217. The van der Waals surface area contributed by atoms with Crippen LogP contribution in [0.2, 0.25) is 0 Å². The average Bonchev–Trinajstić information content (AvgIpc) is 2.14. The van der Waals surface area contributed by atoms with Crippen molar-refractivity contribution >= 4 is 5.97 Å². The van der Waals surface area contributed by atoms with Gasteiger partial charge in [0.2, 0.25) is 0 Å². The molecule has 1 N–H and O–H groups in total. The highest BCUT2D eigenvalue weighted by Gasteiger charge is 2.21. The van der Waals surface area contributed by atoms with Crippen molar-refractivity contribution in [1.82, 2.24) is 4.90 Å². The van der Waals surface area contributed by atoms with E-state index in [0.29, 0.717) is 5.92 Å². The molecule has 0 aromatic rings. The number of likely N-dealkylation sites (tertiary alicyclic amines) is 1. The summed E-state index contributed by atoms with van der Waals surface area (Å²) in [6, 6.07) is 0. The summed E-state index contributed by atoms with van der Waals surface area (Å²) in [6.07, 6.45) is 2.25. The molecule has 1 rings (SSSR count). The molecule has 4 heteroatoms. The molecule has 1 heterocycles. The molecule has 1 saturated heterocycles. The van der Waals surface area contributed by atoms with Crippen LogP contribution in [0.25, 0.3) is 0 Å². The molecule has 1 aliphatic heterocycles. The maximum Gasteiger partial charge on any atom is 0.317 e. The maximum absolute atomic E-state index is 10.5. The first-order chi connectivity index (χ1) is 6.72. The van der Waals surface area contributed by atoms with Gasteiger partial charge in [0.25, 0.3) is 0 Å². The average molecular weight is 201 g/mol. The van der Waals surface area contributed by atoms with Crippen molar-refractivity contribution in [3.8, 4) is 0 Å². The van der Waals surface area contributed by atoms with E-state index in [1.807, 2.05) is 11.8 Å². The number of nitrogens with zero attached hydrogens (tertiary/aromatic N) is 1. The van der Waals surface area contributed by atoms with Crippen molar-refractivity contribution in [3.05, 3.63) is 0 Å². The first-order valence-electron chi connectivity index (χ1n) is 5.24. The number of piperidine rings is 1. The number of carboxylic acid groups (broad SMARTS) is 1. The Morgan fingerprint density at radius 3 is 3.07 bits per heavy atom. The van der Waals surface area contributed by atoms with Crippen molar-refractivity contribution in [3.63, 3.8) is 0 Å². The molecule has 0 radical (unpaired) electrons. The van der Waals surface area contributed by atoms with Crippen LogP contribution in [0.15, 0.2) is 0 Å². The minimum Gasteiger partial charge on any atom is -0.480 e. The summed E-state index contributed by atoms with van der Waals surface area (Å²) < 4.78 is 5.35. The fourth-order valence-electron chi connectivity index (χ4n) is 1.91. The minimum atomic E-state index is -0.734. The summed E-state index contributed by atoms with van der Waals surface area (Å²) in [6.45, 7) is 5.45. The highest BCUT2D eigenvalue weighted by molar-refractivity contribution is 5.69. The van der Waals surface area contributed by atoms with E-state index < -0.39 is 5.97 Å². The molecule has 14 heavy (non-hydrogen) atoms. The van der Waals surface area contributed by atoms with Crippen molar-refractivity contribution in [2.45, 2.75) is 19.8 Å². The predicted octanol–water partition coefficient (Wildman–Crippen LogP) is 0.820. The Labute approximate surface area is 84.8 Å². The topological polar surface area (TPSA) is 49.8 Å². The van der Waals surface area contributed by atoms with E-state index in [1.54, 1.807) is 0 Å². The van der Waals surface area contributed by atoms with Gasteiger partial charge in [0.05, 0.1) is 13.2 Å². The SMILES string of the molecule is CCOC[C@@H]1CCCN(CC(=O)O)C1. The van der Waals surface area contributed by atoms with E-state index in [0.717, 1.165) is 39.1 Å². The molecule has 0 aromatic heterocycles. The van der Waals surface area contributed by atoms with Gasteiger partial charge in [-0.1, -0.05) is 0 Å². The molecular formula is C10H19NO3. The standard InChI is InChI=1S/C10H19NO3/c1-2-14-8-9-4-3-5-11(6-9)7-10(12)13/h9H,2-8H2,1H3,(H,12,13)/t9-/m1/s1. The van der Waals surface area contributed by atoms with Gasteiger partial charge in [-0.25, -0.2) is 0 Å². The number of carboxylic acids is 1. The molecular weight excluding hydrogens is 182 g/mol. The molecule has 0 aromatic carbocycles. The van der Waals surface area contributed by atoms with Crippen molar-refractivity contribution in [1.29, 1.82) is 0 Å². The first-order valence-corrected chi connectivity index (χ1v) is 5.24. The third-order valence-electron chi connectivity index (χ3n) is 2.52. The van der Waals surface area contributed by atoms with Gasteiger partial charge in [0.1, 0.15) is 0 Å². The van der Waals surface area contributed by atoms with Gasteiger partial charge < -0.3 is 9.84 Å². The summed E-state index contributed by atoms with van der Waals surface area (Å²) in [5.41, 5.74) is 0. The fourth-order valence-corrected chi connectivity index (χ4v) is 1.91. The third-order valence-corrected chi connectivity index (χ3v) is 2.52. The van der Waals surface area contributed by atoms with Gasteiger partial charge in [-0.3, -0.25) is 9.69 Å². The summed E-state index contributed by atoms with van der Waals surface area (Å²) in [4.78, 5) is 12.5. The second-order valence-electron chi connectivity index (χ2n) is 3.80. The molecule has 0 aliphatic carbocycles. The van der Waals surface area contributed by atoms with Gasteiger partial charge in [-0.15, -0.1) is 0 Å². The Hall–Kier alpha value is -0.610. The monoisotopic (exact) mass is 201 g/mol. The highest BCUT2D eigenvalue weighted by Crippen LogP contribution is 2.16. The van der Waals surface area contributed by atoms with Gasteiger partial charge in [0.15, 0.2) is 0 Å².